The SMILES string of the molecule is CNc1cc(CC(C)C)nc(-c2occc2Br)n1. The third-order valence-electron chi connectivity index (χ3n) is 2.47. The molecule has 0 spiro atoms. The number of anilines is 1. The molecule has 2 rings (SSSR count). The summed E-state index contributed by atoms with van der Waals surface area (Å²) in [5.41, 5.74) is 1.02. The van der Waals surface area contributed by atoms with Crippen LogP contribution in [0.15, 0.2) is 27.3 Å². The van der Waals surface area contributed by atoms with E-state index in [0.29, 0.717) is 17.5 Å². The van der Waals surface area contributed by atoms with E-state index in [9.17, 15) is 0 Å². The summed E-state index contributed by atoms with van der Waals surface area (Å²) in [5.74, 6) is 2.63. The minimum absolute atomic E-state index is 0.553. The molecule has 96 valence electrons. The van der Waals surface area contributed by atoms with Gasteiger partial charge in [-0.2, -0.15) is 0 Å². The van der Waals surface area contributed by atoms with Gasteiger partial charge in [-0.3, -0.25) is 0 Å². The number of furan rings is 1. The smallest absolute Gasteiger partial charge is 0.199 e. The van der Waals surface area contributed by atoms with Crippen LogP contribution >= 0.6 is 15.9 Å². The van der Waals surface area contributed by atoms with E-state index in [1.54, 1.807) is 6.26 Å². The van der Waals surface area contributed by atoms with Gasteiger partial charge in [-0.15, -0.1) is 0 Å². The fourth-order valence-electron chi connectivity index (χ4n) is 1.70. The molecule has 0 amide bonds. The Labute approximate surface area is 115 Å². The summed E-state index contributed by atoms with van der Waals surface area (Å²) in [6, 6.07) is 3.81. The molecule has 4 nitrogen and oxygen atoms in total. The first-order valence-corrected chi connectivity index (χ1v) is 6.68. The second kappa shape index (κ2) is 5.52. The monoisotopic (exact) mass is 309 g/mol. The topological polar surface area (TPSA) is 51.0 Å². The lowest BCUT2D eigenvalue weighted by Crippen LogP contribution is -2.03. The van der Waals surface area contributed by atoms with E-state index in [-0.39, 0.29) is 0 Å². The van der Waals surface area contributed by atoms with Crippen molar-refractivity contribution in [2.75, 3.05) is 12.4 Å². The molecule has 0 aliphatic carbocycles. The molecule has 0 aliphatic rings. The minimum Gasteiger partial charge on any atom is -0.460 e. The molecule has 0 aliphatic heterocycles. The first-order chi connectivity index (χ1) is 8.60. The molecular weight excluding hydrogens is 294 g/mol. The molecule has 0 fully saturated rings. The van der Waals surface area contributed by atoms with Crippen molar-refractivity contribution in [1.82, 2.24) is 9.97 Å². The van der Waals surface area contributed by atoms with E-state index < -0.39 is 0 Å². The summed E-state index contributed by atoms with van der Waals surface area (Å²) < 4.78 is 6.28. The maximum absolute atomic E-state index is 5.41. The van der Waals surface area contributed by atoms with Crippen molar-refractivity contribution >= 4 is 21.7 Å². The van der Waals surface area contributed by atoms with E-state index >= 15 is 0 Å². The fraction of sp³-hybridized carbons (Fsp3) is 0.385. The average Bonchev–Trinajstić information content (AvgIpc) is 2.74. The maximum atomic E-state index is 5.41. The molecule has 0 aromatic carbocycles. The lowest BCUT2D eigenvalue weighted by atomic mass is 10.1. The number of rotatable bonds is 4. The van der Waals surface area contributed by atoms with Gasteiger partial charge < -0.3 is 9.73 Å². The second-order valence-corrected chi connectivity index (χ2v) is 5.37. The van der Waals surface area contributed by atoms with Crippen molar-refractivity contribution < 1.29 is 4.42 Å². The molecule has 5 heteroatoms. The van der Waals surface area contributed by atoms with Crippen molar-refractivity contribution in [3.8, 4) is 11.6 Å². The Balaban J connectivity index is 2.44. The Morgan fingerprint density at radius 1 is 1.39 bits per heavy atom. The van der Waals surface area contributed by atoms with Crippen LogP contribution in [-0.4, -0.2) is 17.0 Å². The maximum Gasteiger partial charge on any atom is 0.199 e. The highest BCUT2D eigenvalue weighted by Gasteiger charge is 2.13. The molecule has 0 atom stereocenters. The van der Waals surface area contributed by atoms with Crippen LogP contribution in [0.25, 0.3) is 11.6 Å². The van der Waals surface area contributed by atoms with E-state index in [0.717, 1.165) is 22.4 Å². The summed E-state index contributed by atoms with van der Waals surface area (Å²) in [4.78, 5) is 8.97. The predicted octanol–water partition coefficient (Wildman–Crippen LogP) is 3.74. The lowest BCUT2D eigenvalue weighted by molar-refractivity contribution is 0.574. The quantitative estimate of drug-likeness (QED) is 0.934. The Morgan fingerprint density at radius 2 is 2.17 bits per heavy atom. The van der Waals surface area contributed by atoms with Crippen LogP contribution in [-0.2, 0) is 6.42 Å². The highest BCUT2D eigenvalue weighted by atomic mass is 79.9. The van der Waals surface area contributed by atoms with Crippen LogP contribution in [0.2, 0.25) is 0 Å². The van der Waals surface area contributed by atoms with Gasteiger partial charge in [0.2, 0.25) is 0 Å². The summed E-state index contributed by atoms with van der Waals surface area (Å²) in [6.45, 7) is 4.34. The molecule has 0 saturated carbocycles. The van der Waals surface area contributed by atoms with E-state index in [4.69, 9.17) is 4.42 Å². The zero-order chi connectivity index (χ0) is 13.1. The predicted molar refractivity (Wildman–Crippen MR) is 75.5 cm³/mol. The van der Waals surface area contributed by atoms with Crippen molar-refractivity contribution in [3.63, 3.8) is 0 Å². The van der Waals surface area contributed by atoms with Crippen molar-refractivity contribution in [1.29, 1.82) is 0 Å². The van der Waals surface area contributed by atoms with E-state index in [2.05, 4.69) is 45.1 Å². The number of nitrogens with one attached hydrogen (secondary N) is 1. The van der Waals surface area contributed by atoms with Gasteiger partial charge in [-0.05, 0) is 34.3 Å². The number of aromatic nitrogens is 2. The van der Waals surface area contributed by atoms with Gasteiger partial charge in [0.15, 0.2) is 11.6 Å². The average molecular weight is 310 g/mol. The van der Waals surface area contributed by atoms with Crippen LogP contribution in [0.4, 0.5) is 5.82 Å². The number of hydrogen-bond acceptors (Lipinski definition) is 4. The van der Waals surface area contributed by atoms with Crippen molar-refractivity contribution in [2.45, 2.75) is 20.3 Å². The first-order valence-electron chi connectivity index (χ1n) is 5.89. The van der Waals surface area contributed by atoms with E-state index in [1.807, 2.05) is 19.2 Å². The van der Waals surface area contributed by atoms with Crippen molar-refractivity contribution in [3.05, 3.63) is 28.6 Å². The molecule has 0 radical (unpaired) electrons. The number of nitrogens with zero attached hydrogens (tertiary/aromatic N) is 2. The fourth-order valence-corrected chi connectivity index (χ4v) is 2.08. The van der Waals surface area contributed by atoms with Gasteiger partial charge in [0.1, 0.15) is 5.82 Å². The Kier molecular flexibility index (Phi) is 4.01. The zero-order valence-corrected chi connectivity index (χ0v) is 12.3. The molecule has 2 aromatic rings. The Morgan fingerprint density at radius 3 is 2.72 bits per heavy atom. The molecule has 18 heavy (non-hydrogen) atoms. The lowest BCUT2D eigenvalue weighted by Gasteiger charge is -2.08. The zero-order valence-electron chi connectivity index (χ0n) is 10.7. The molecule has 0 unspecified atom stereocenters. The van der Waals surface area contributed by atoms with Crippen LogP contribution < -0.4 is 5.32 Å². The van der Waals surface area contributed by atoms with E-state index in [1.165, 1.54) is 0 Å². The van der Waals surface area contributed by atoms with Crippen LogP contribution in [0, 0.1) is 5.92 Å². The molecule has 2 heterocycles. The summed E-state index contributed by atoms with van der Waals surface area (Å²) in [7, 11) is 1.85. The largest absolute Gasteiger partial charge is 0.460 e. The molecule has 2 aromatic heterocycles. The third-order valence-corrected chi connectivity index (χ3v) is 3.10. The molecule has 0 bridgehead atoms. The summed E-state index contributed by atoms with van der Waals surface area (Å²) >= 11 is 3.43. The minimum atomic E-state index is 0.553. The normalized spacial score (nSPS) is 10.9. The van der Waals surface area contributed by atoms with Crippen LogP contribution in [0.3, 0.4) is 0 Å². The molecule has 0 saturated heterocycles. The Bertz CT molecular complexity index is 537. The van der Waals surface area contributed by atoms with Gasteiger partial charge >= 0.3 is 0 Å². The Hall–Kier alpha value is -1.36. The van der Waals surface area contributed by atoms with Crippen LogP contribution in [0.5, 0.6) is 0 Å². The van der Waals surface area contributed by atoms with Gasteiger partial charge in [-0.25, -0.2) is 9.97 Å². The molecule has 1 N–H and O–H groups in total. The highest BCUT2D eigenvalue weighted by Crippen LogP contribution is 2.27. The highest BCUT2D eigenvalue weighted by molar-refractivity contribution is 9.10. The van der Waals surface area contributed by atoms with Gasteiger partial charge in [0, 0.05) is 18.8 Å². The third kappa shape index (κ3) is 2.90. The van der Waals surface area contributed by atoms with Crippen molar-refractivity contribution in [2.24, 2.45) is 5.92 Å². The molecular formula is C13H16BrN3O. The van der Waals surface area contributed by atoms with Crippen LogP contribution in [0.1, 0.15) is 19.5 Å². The standard InChI is InChI=1S/C13H16BrN3O/c1-8(2)6-9-7-11(15-3)17-13(16-9)12-10(14)4-5-18-12/h4-5,7-8H,6H2,1-3H3,(H,15,16,17). The van der Waals surface area contributed by atoms with Gasteiger partial charge in [0.25, 0.3) is 0 Å². The first kappa shape index (κ1) is 13.1. The summed E-state index contributed by atoms with van der Waals surface area (Å²) in [6.07, 6.45) is 2.54. The summed E-state index contributed by atoms with van der Waals surface area (Å²) in [5, 5.41) is 3.05. The number of halogens is 1. The number of hydrogen-bond donors (Lipinski definition) is 1. The van der Waals surface area contributed by atoms with Gasteiger partial charge in [0.05, 0.1) is 10.7 Å². The van der Waals surface area contributed by atoms with Gasteiger partial charge in [-0.1, -0.05) is 13.8 Å². The second-order valence-electron chi connectivity index (χ2n) is 4.51.